The molecule has 0 saturated carbocycles. The van der Waals surface area contributed by atoms with Crippen LogP contribution in [0.5, 0.6) is 0 Å². The lowest BCUT2D eigenvalue weighted by atomic mass is 10.1. The highest BCUT2D eigenvalue weighted by molar-refractivity contribution is 9.10. The topological polar surface area (TPSA) is 15.3 Å². The molecule has 2 aromatic rings. The van der Waals surface area contributed by atoms with Gasteiger partial charge in [0.25, 0.3) is 0 Å². The van der Waals surface area contributed by atoms with E-state index in [1.54, 1.807) is 11.3 Å². The Labute approximate surface area is 140 Å². The third-order valence-corrected chi connectivity index (χ3v) is 4.96. The van der Waals surface area contributed by atoms with Crippen LogP contribution in [0.4, 0.5) is 5.69 Å². The van der Waals surface area contributed by atoms with Crippen LogP contribution in [0.3, 0.4) is 0 Å². The van der Waals surface area contributed by atoms with E-state index in [0.29, 0.717) is 5.92 Å². The number of nitrogens with zero attached hydrogens (tertiary/aromatic N) is 1. The summed E-state index contributed by atoms with van der Waals surface area (Å²) in [4.78, 5) is 3.65. The normalized spacial score (nSPS) is 11.1. The summed E-state index contributed by atoms with van der Waals surface area (Å²) < 4.78 is 1.17. The van der Waals surface area contributed by atoms with Crippen LogP contribution in [0.15, 0.2) is 40.2 Å². The van der Waals surface area contributed by atoms with Gasteiger partial charge in [-0.1, -0.05) is 26.0 Å². The van der Waals surface area contributed by atoms with Crippen molar-refractivity contribution in [3.05, 3.63) is 50.6 Å². The maximum Gasteiger partial charge on any atom is 0.0519 e. The predicted octanol–water partition coefficient (Wildman–Crippen LogP) is 4.89. The van der Waals surface area contributed by atoms with Gasteiger partial charge in [0, 0.05) is 34.0 Å². The zero-order valence-corrected chi connectivity index (χ0v) is 15.3. The molecule has 0 spiro atoms. The summed E-state index contributed by atoms with van der Waals surface area (Å²) in [6, 6.07) is 11.0. The first-order valence-electron chi connectivity index (χ1n) is 7.28. The number of halogens is 1. The number of rotatable bonds is 7. The molecular formula is C17H23BrN2S. The van der Waals surface area contributed by atoms with E-state index in [9.17, 15) is 0 Å². The summed E-state index contributed by atoms with van der Waals surface area (Å²) in [7, 11) is 2.14. The standard InChI is InChI=1S/C17H23BrN2S/c1-13(2)9-19-10-14-4-6-16(7-5-14)20(3)11-17-8-15(18)12-21-17/h4-8,12-13,19H,9-11H2,1-3H3. The zero-order valence-electron chi connectivity index (χ0n) is 12.9. The van der Waals surface area contributed by atoms with Gasteiger partial charge in [0.2, 0.25) is 0 Å². The van der Waals surface area contributed by atoms with E-state index < -0.39 is 0 Å². The van der Waals surface area contributed by atoms with Crippen molar-refractivity contribution in [3.8, 4) is 0 Å². The fraction of sp³-hybridized carbons (Fsp3) is 0.412. The molecule has 4 heteroatoms. The minimum absolute atomic E-state index is 0.695. The summed E-state index contributed by atoms with van der Waals surface area (Å²) in [5, 5.41) is 5.61. The zero-order chi connectivity index (χ0) is 15.2. The molecule has 0 aliphatic rings. The van der Waals surface area contributed by atoms with Crippen molar-refractivity contribution in [2.45, 2.75) is 26.9 Å². The quantitative estimate of drug-likeness (QED) is 0.749. The van der Waals surface area contributed by atoms with Crippen molar-refractivity contribution in [1.82, 2.24) is 5.32 Å². The predicted molar refractivity (Wildman–Crippen MR) is 97.1 cm³/mol. The van der Waals surface area contributed by atoms with E-state index in [4.69, 9.17) is 0 Å². The Kier molecular flexibility index (Phi) is 6.27. The second kappa shape index (κ2) is 7.97. The van der Waals surface area contributed by atoms with Gasteiger partial charge in [-0.2, -0.15) is 0 Å². The van der Waals surface area contributed by atoms with E-state index in [0.717, 1.165) is 19.6 Å². The molecule has 0 bridgehead atoms. The molecule has 0 radical (unpaired) electrons. The largest absolute Gasteiger partial charge is 0.369 e. The van der Waals surface area contributed by atoms with Crippen LogP contribution in [0.25, 0.3) is 0 Å². The molecule has 0 aliphatic heterocycles. The van der Waals surface area contributed by atoms with Gasteiger partial charge < -0.3 is 10.2 Å². The van der Waals surface area contributed by atoms with Crippen molar-refractivity contribution in [2.24, 2.45) is 5.92 Å². The van der Waals surface area contributed by atoms with Gasteiger partial charge in [0.1, 0.15) is 0 Å². The van der Waals surface area contributed by atoms with Gasteiger partial charge in [-0.3, -0.25) is 0 Å². The van der Waals surface area contributed by atoms with Crippen LogP contribution in [0.1, 0.15) is 24.3 Å². The van der Waals surface area contributed by atoms with E-state index in [1.807, 2.05) is 0 Å². The van der Waals surface area contributed by atoms with E-state index in [-0.39, 0.29) is 0 Å². The van der Waals surface area contributed by atoms with Crippen molar-refractivity contribution >= 4 is 33.0 Å². The van der Waals surface area contributed by atoms with Crippen molar-refractivity contribution < 1.29 is 0 Å². The minimum Gasteiger partial charge on any atom is -0.369 e. The molecule has 1 aromatic heterocycles. The van der Waals surface area contributed by atoms with Gasteiger partial charge in [0.05, 0.1) is 6.54 Å². The monoisotopic (exact) mass is 366 g/mol. The molecule has 114 valence electrons. The van der Waals surface area contributed by atoms with Gasteiger partial charge in [0.15, 0.2) is 0 Å². The highest BCUT2D eigenvalue weighted by Crippen LogP contribution is 2.23. The average molecular weight is 367 g/mol. The van der Waals surface area contributed by atoms with E-state index >= 15 is 0 Å². The van der Waals surface area contributed by atoms with Gasteiger partial charge in [-0.25, -0.2) is 0 Å². The summed E-state index contributed by atoms with van der Waals surface area (Å²) in [5.74, 6) is 0.695. The Morgan fingerprint density at radius 2 is 1.95 bits per heavy atom. The fourth-order valence-corrected chi connectivity index (χ4v) is 3.64. The van der Waals surface area contributed by atoms with Crippen molar-refractivity contribution in [3.63, 3.8) is 0 Å². The van der Waals surface area contributed by atoms with Gasteiger partial charge >= 0.3 is 0 Å². The smallest absolute Gasteiger partial charge is 0.0519 e. The summed E-state index contributed by atoms with van der Waals surface area (Å²) in [6.07, 6.45) is 0. The molecule has 0 unspecified atom stereocenters. The Balaban J connectivity index is 1.88. The lowest BCUT2D eigenvalue weighted by molar-refractivity contribution is 0.552. The number of hydrogen-bond donors (Lipinski definition) is 1. The lowest BCUT2D eigenvalue weighted by Gasteiger charge is -2.19. The van der Waals surface area contributed by atoms with Crippen LogP contribution in [0.2, 0.25) is 0 Å². The summed E-state index contributed by atoms with van der Waals surface area (Å²) in [5.41, 5.74) is 2.60. The Hall–Kier alpha value is -0.840. The molecule has 1 heterocycles. The Morgan fingerprint density at radius 1 is 1.24 bits per heavy atom. The lowest BCUT2D eigenvalue weighted by Crippen LogP contribution is -2.19. The van der Waals surface area contributed by atoms with Crippen LogP contribution in [-0.2, 0) is 13.1 Å². The highest BCUT2D eigenvalue weighted by Gasteiger charge is 2.04. The second-order valence-electron chi connectivity index (χ2n) is 5.78. The van der Waals surface area contributed by atoms with Crippen LogP contribution >= 0.6 is 27.3 Å². The first-order chi connectivity index (χ1) is 10.0. The van der Waals surface area contributed by atoms with Crippen LogP contribution < -0.4 is 10.2 Å². The Bertz CT molecular complexity index is 548. The van der Waals surface area contributed by atoms with Crippen LogP contribution in [0, 0.1) is 5.92 Å². The molecule has 0 saturated heterocycles. The number of hydrogen-bond acceptors (Lipinski definition) is 3. The van der Waals surface area contributed by atoms with E-state index in [2.05, 4.69) is 82.8 Å². The molecule has 1 aromatic carbocycles. The molecule has 21 heavy (non-hydrogen) atoms. The molecule has 0 amide bonds. The first kappa shape index (κ1) is 16.5. The van der Waals surface area contributed by atoms with Crippen molar-refractivity contribution in [1.29, 1.82) is 0 Å². The minimum atomic E-state index is 0.695. The number of thiophene rings is 1. The maximum absolute atomic E-state index is 3.51. The maximum atomic E-state index is 3.51. The summed E-state index contributed by atoms with van der Waals surface area (Å²) in [6.45, 7) is 7.41. The average Bonchev–Trinajstić information content (AvgIpc) is 2.84. The van der Waals surface area contributed by atoms with E-state index in [1.165, 1.54) is 20.6 Å². The van der Waals surface area contributed by atoms with Gasteiger partial charge in [-0.15, -0.1) is 11.3 Å². The molecule has 1 N–H and O–H groups in total. The third kappa shape index (κ3) is 5.46. The number of nitrogens with one attached hydrogen (secondary N) is 1. The summed E-state index contributed by atoms with van der Waals surface area (Å²) >= 11 is 5.30. The first-order valence-corrected chi connectivity index (χ1v) is 8.95. The molecule has 0 atom stereocenters. The number of anilines is 1. The second-order valence-corrected chi connectivity index (χ2v) is 7.69. The molecule has 0 aliphatic carbocycles. The van der Waals surface area contributed by atoms with Crippen molar-refractivity contribution in [2.75, 3.05) is 18.5 Å². The SMILES string of the molecule is CC(C)CNCc1ccc(N(C)Cc2cc(Br)cs2)cc1. The highest BCUT2D eigenvalue weighted by atomic mass is 79.9. The molecular weight excluding hydrogens is 344 g/mol. The van der Waals surface area contributed by atoms with Crippen LogP contribution in [-0.4, -0.2) is 13.6 Å². The Morgan fingerprint density at radius 3 is 2.52 bits per heavy atom. The van der Waals surface area contributed by atoms with Gasteiger partial charge in [-0.05, 0) is 52.2 Å². The third-order valence-electron chi connectivity index (χ3n) is 3.27. The number of benzene rings is 1. The molecule has 2 nitrogen and oxygen atoms in total. The molecule has 2 rings (SSSR count). The molecule has 0 fully saturated rings. The fourth-order valence-electron chi connectivity index (χ4n) is 2.14.